The van der Waals surface area contributed by atoms with Crippen molar-refractivity contribution in [3.63, 3.8) is 0 Å². The number of alkyl halides is 1. The largest absolute Gasteiger partial charge is 0.479 e. The summed E-state index contributed by atoms with van der Waals surface area (Å²) in [7, 11) is 0. The van der Waals surface area contributed by atoms with Gasteiger partial charge in [-0.2, -0.15) is 9.97 Å². The first-order chi connectivity index (χ1) is 19.5. The molecule has 17 heteroatoms. The minimum absolute atomic E-state index is 0.0308. The van der Waals surface area contributed by atoms with Crippen LogP contribution >= 0.6 is 11.6 Å². The number of carboxylic acids is 2. The van der Waals surface area contributed by atoms with Crippen LogP contribution < -0.4 is 11.5 Å². The smallest absolute Gasteiger partial charge is 0.348 e. The number of anilines is 2. The second-order valence-corrected chi connectivity index (χ2v) is 9.49. The van der Waals surface area contributed by atoms with Gasteiger partial charge in [-0.25, -0.2) is 28.9 Å². The third-order valence-electron chi connectivity index (χ3n) is 6.59. The molecule has 4 atom stereocenters. The molecule has 0 amide bonds. The molecule has 0 unspecified atom stereocenters. The Kier molecular flexibility index (Phi) is 7.39. The lowest BCUT2D eigenvalue weighted by atomic mass is 9.93. The molecule has 0 saturated carbocycles. The average Bonchev–Trinajstić information content (AvgIpc) is 3.47. The summed E-state index contributed by atoms with van der Waals surface area (Å²) in [5, 5.41) is 30.1. The molecule has 0 radical (unpaired) electrons. The van der Waals surface area contributed by atoms with Crippen LogP contribution in [0.2, 0.25) is 5.28 Å². The molecule has 0 bridgehead atoms. The Hall–Kier alpha value is -4.51. The molecule has 214 valence electrons. The van der Waals surface area contributed by atoms with Crippen molar-refractivity contribution in [1.82, 2.24) is 29.5 Å². The summed E-state index contributed by atoms with van der Waals surface area (Å²) in [5.74, 6) is -3.57. The molecule has 4 aromatic rings. The number of aliphatic hydroxyl groups excluding tert-OH is 1. The average molecular weight is 589 g/mol. The van der Waals surface area contributed by atoms with Crippen molar-refractivity contribution in [2.75, 3.05) is 18.1 Å². The first kappa shape index (κ1) is 28.0. The lowest BCUT2D eigenvalue weighted by Gasteiger charge is -2.27. The Bertz CT molecular complexity index is 1590. The van der Waals surface area contributed by atoms with Crippen LogP contribution in [-0.2, 0) is 25.5 Å². The first-order valence-corrected chi connectivity index (χ1v) is 12.3. The molecule has 1 fully saturated rings. The fourth-order valence-corrected chi connectivity index (χ4v) is 4.56. The molecule has 7 N–H and O–H groups in total. The number of nitrogens with zero attached hydrogens (tertiary/aromatic N) is 6. The van der Waals surface area contributed by atoms with E-state index >= 15 is 4.39 Å². The van der Waals surface area contributed by atoms with Gasteiger partial charge in [-0.3, -0.25) is 4.57 Å². The highest BCUT2D eigenvalue weighted by Gasteiger charge is 2.52. The van der Waals surface area contributed by atoms with Crippen molar-refractivity contribution in [3.05, 3.63) is 53.8 Å². The van der Waals surface area contributed by atoms with Crippen LogP contribution in [0, 0.1) is 0 Å². The molecule has 3 aromatic heterocycles. The van der Waals surface area contributed by atoms with Crippen molar-refractivity contribution < 1.29 is 38.8 Å². The summed E-state index contributed by atoms with van der Waals surface area (Å²) in [6.45, 7) is -0.776. The maximum atomic E-state index is 15.2. The van der Waals surface area contributed by atoms with E-state index in [9.17, 15) is 24.9 Å². The number of carbonyl (C=O) groups is 2. The van der Waals surface area contributed by atoms with Crippen molar-refractivity contribution >= 4 is 46.5 Å². The molecular weight excluding hydrogens is 567 g/mol. The van der Waals surface area contributed by atoms with Crippen molar-refractivity contribution in [2.45, 2.75) is 36.6 Å². The number of fused-ring (bicyclic) bond motifs is 1. The minimum atomic E-state index is -2.78. The van der Waals surface area contributed by atoms with E-state index in [1.165, 1.54) is 24.5 Å². The standard InChI is InChI=1S/C24H22ClFN8O7/c25-22-32-17(27)15-18(33-22)34(9-31-15)19-14(26)16(35)13(41-19)8-40-24(20(36)37,21(38)39)5-10-1-3-11(4-2-10)12-6-29-23(28)30-7-12/h1-4,6-7,9,13-14,16,19,35H,5,8H2,(H,36,37)(H,38,39)(H2,27,32,33)(H2,28,29,30)/t13-,14+,16-,19-/m1/s1. The van der Waals surface area contributed by atoms with Crippen molar-refractivity contribution in [1.29, 1.82) is 0 Å². The summed E-state index contributed by atoms with van der Waals surface area (Å²) in [4.78, 5) is 44.1. The Labute approximate surface area is 234 Å². The quantitative estimate of drug-likeness (QED) is 0.135. The molecule has 1 aliphatic rings. The SMILES string of the molecule is Nc1ncc(-c2ccc(CC(OC[C@H]3O[C@@H](n4cnc5c(N)nc(Cl)nc54)[C@@H](F)[C@@H]3O)(C(=O)O)C(=O)O)cc2)cn1. The number of ether oxygens (including phenoxy) is 2. The molecule has 1 saturated heterocycles. The zero-order valence-corrected chi connectivity index (χ0v) is 21.6. The number of nitrogen functional groups attached to an aromatic ring is 2. The van der Waals surface area contributed by atoms with Crippen LogP contribution in [0.3, 0.4) is 0 Å². The Morgan fingerprint density at radius 2 is 1.73 bits per heavy atom. The number of hydrogen-bond acceptors (Lipinski definition) is 12. The molecular formula is C24H22ClFN8O7. The van der Waals surface area contributed by atoms with Gasteiger partial charge in [0.1, 0.15) is 17.7 Å². The summed E-state index contributed by atoms with van der Waals surface area (Å²) in [5.41, 5.74) is 10.3. The minimum Gasteiger partial charge on any atom is -0.479 e. The van der Waals surface area contributed by atoms with Gasteiger partial charge in [0.05, 0.1) is 12.9 Å². The number of imidazole rings is 1. The van der Waals surface area contributed by atoms with Gasteiger partial charge in [-0.1, -0.05) is 24.3 Å². The molecule has 1 aromatic carbocycles. The van der Waals surface area contributed by atoms with E-state index in [2.05, 4.69) is 24.9 Å². The summed E-state index contributed by atoms with van der Waals surface area (Å²) >= 11 is 5.86. The predicted molar refractivity (Wildman–Crippen MR) is 139 cm³/mol. The number of rotatable bonds is 9. The number of hydrogen-bond donors (Lipinski definition) is 5. The normalized spacial score (nSPS) is 20.9. The van der Waals surface area contributed by atoms with Crippen LogP contribution in [0.4, 0.5) is 16.2 Å². The van der Waals surface area contributed by atoms with E-state index in [4.69, 9.17) is 32.5 Å². The van der Waals surface area contributed by atoms with Crippen LogP contribution in [0.15, 0.2) is 43.0 Å². The monoisotopic (exact) mass is 588 g/mol. The maximum Gasteiger partial charge on any atom is 0.348 e. The number of nitrogens with two attached hydrogens (primary N) is 2. The highest BCUT2D eigenvalue weighted by atomic mass is 35.5. The number of halogens is 2. The summed E-state index contributed by atoms with van der Waals surface area (Å²) in [6.07, 6.45) is -3.23. The zero-order valence-electron chi connectivity index (χ0n) is 20.8. The van der Waals surface area contributed by atoms with Gasteiger partial charge < -0.3 is 36.3 Å². The topological polar surface area (TPSA) is 235 Å². The predicted octanol–water partition coefficient (Wildman–Crippen LogP) is 0.865. The molecule has 41 heavy (non-hydrogen) atoms. The van der Waals surface area contributed by atoms with Crippen LogP contribution in [0.5, 0.6) is 0 Å². The van der Waals surface area contributed by atoms with Crippen LogP contribution in [-0.4, -0.2) is 87.3 Å². The summed E-state index contributed by atoms with van der Waals surface area (Å²) < 4.78 is 27.3. The van der Waals surface area contributed by atoms with E-state index in [1.807, 2.05) is 0 Å². The summed E-state index contributed by atoms with van der Waals surface area (Å²) in [6, 6.07) is 6.29. The van der Waals surface area contributed by atoms with Gasteiger partial charge in [0.2, 0.25) is 11.2 Å². The number of benzene rings is 1. The number of aromatic nitrogens is 6. The van der Waals surface area contributed by atoms with Crippen molar-refractivity contribution in [3.8, 4) is 11.1 Å². The Balaban J connectivity index is 1.34. The molecule has 5 rings (SSSR count). The molecule has 0 spiro atoms. The van der Waals surface area contributed by atoms with Gasteiger partial charge in [-0.05, 0) is 22.7 Å². The fourth-order valence-electron chi connectivity index (χ4n) is 4.39. The molecule has 15 nitrogen and oxygen atoms in total. The fraction of sp³-hybridized carbons (Fsp3) is 0.292. The maximum absolute atomic E-state index is 15.2. The second-order valence-electron chi connectivity index (χ2n) is 9.15. The first-order valence-electron chi connectivity index (χ1n) is 11.9. The second kappa shape index (κ2) is 10.8. The van der Waals surface area contributed by atoms with Gasteiger partial charge in [-0.15, -0.1) is 0 Å². The lowest BCUT2D eigenvalue weighted by molar-refractivity contribution is -0.190. The van der Waals surface area contributed by atoms with E-state index in [0.29, 0.717) is 16.7 Å². The highest BCUT2D eigenvalue weighted by Crippen LogP contribution is 2.35. The van der Waals surface area contributed by atoms with Crippen LogP contribution in [0.25, 0.3) is 22.3 Å². The lowest BCUT2D eigenvalue weighted by Crippen LogP contribution is -2.52. The van der Waals surface area contributed by atoms with Gasteiger partial charge in [0, 0.05) is 24.4 Å². The van der Waals surface area contributed by atoms with E-state index < -0.39 is 55.2 Å². The number of carboxylic acid groups (broad SMARTS) is 2. The Morgan fingerprint density at radius 1 is 1.07 bits per heavy atom. The molecule has 1 aliphatic heterocycles. The van der Waals surface area contributed by atoms with E-state index in [-0.39, 0.29) is 28.2 Å². The van der Waals surface area contributed by atoms with Gasteiger partial charge in [0.15, 0.2) is 23.9 Å². The van der Waals surface area contributed by atoms with Gasteiger partial charge in [0.25, 0.3) is 5.60 Å². The highest BCUT2D eigenvalue weighted by molar-refractivity contribution is 6.28. The third kappa shape index (κ3) is 5.20. The number of aliphatic hydroxyl groups is 1. The van der Waals surface area contributed by atoms with Gasteiger partial charge >= 0.3 is 11.9 Å². The number of aliphatic carboxylic acids is 2. The van der Waals surface area contributed by atoms with E-state index in [0.717, 1.165) is 10.9 Å². The van der Waals surface area contributed by atoms with Crippen LogP contribution in [0.1, 0.15) is 11.8 Å². The van der Waals surface area contributed by atoms with Crippen molar-refractivity contribution in [2.24, 2.45) is 0 Å². The molecule has 0 aliphatic carbocycles. The molecule has 4 heterocycles. The van der Waals surface area contributed by atoms with E-state index in [1.54, 1.807) is 12.1 Å². The third-order valence-corrected chi connectivity index (χ3v) is 6.76. The Morgan fingerprint density at radius 3 is 2.37 bits per heavy atom. The zero-order chi connectivity index (χ0) is 29.5.